The fourth-order valence-electron chi connectivity index (χ4n) is 1.44. The van der Waals surface area contributed by atoms with Crippen molar-refractivity contribution in [3.8, 4) is 6.07 Å². The second-order valence-electron chi connectivity index (χ2n) is 3.71. The number of primary amides is 1. The van der Waals surface area contributed by atoms with E-state index in [1.165, 1.54) is 0 Å². The summed E-state index contributed by atoms with van der Waals surface area (Å²) in [4.78, 5) is 20.8. The van der Waals surface area contributed by atoms with Gasteiger partial charge < -0.3 is 5.73 Å². The van der Waals surface area contributed by atoms with Crippen molar-refractivity contribution in [2.45, 2.75) is 10.8 Å². The predicted octanol–water partition coefficient (Wildman–Crippen LogP) is 0.0908. The average molecular weight is 283 g/mol. The fraction of sp³-hybridized carbons (Fsp3) is 0.200. The summed E-state index contributed by atoms with van der Waals surface area (Å²) in [5.41, 5.74) is 4.11. The number of nitrogens with zero attached hydrogens (tertiary/aromatic N) is 2. The molecule has 100 valence electrons. The first-order valence-electron chi connectivity index (χ1n) is 4.85. The molecule has 0 aliphatic carbocycles. The molecule has 0 spiro atoms. The van der Waals surface area contributed by atoms with E-state index in [0.29, 0.717) is 0 Å². The number of amides is 1. The summed E-state index contributed by atoms with van der Waals surface area (Å²) in [5, 5.41) is 19.7. The number of rotatable bonds is 4. The number of carbonyl (C=O) groups is 1. The molecule has 1 rings (SSSR count). The third-order valence-electron chi connectivity index (χ3n) is 2.35. The van der Waals surface area contributed by atoms with Crippen molar-refractivity contribution in [1.29, 1.82) is 5.26 Å². The van der Waals surface area contributed by atoms with Gasteiger partial charge in [0.25, 0.3) is 5.69 Å². The third kappa shape index (κ3) is 3.05. The Morgan fingerprint density at radius 3 is 2.47 bits per heavy atom. The Balaban J connectivity index is 3.57. The van der Waals surface area contributed by atoms with Crippen LogP contribution in [0.25, 0.3) is 0 Å². The quantitative estimate of drug-likeness (QED) is 0.612. The van der Waals surface area contributed by atoms with Crippen LogP contribution < -0.4 is 5.73 Å². The Kier molecular flexibility index (Phi) is 3.86. The molecule has 1 aromatic carbocycles. The maximum atomic E-state index is 11.3. The highest BCUT2D eigenvalue weighted by molar-refractivity contribution is 7.90. The number of hydrogen-bond acceptors (Lipinski definition) is 6. The van der Waals surface area contributed by atoms with Crippen LogP contribution in [-0.4, -0.2) is 25.5 Å². The molecule has 0 aliphatic heterocycles. The van der Waals surface area contributed by atoms with E-state index in [-0.39, 0.29) is 10.5 Å². The van der Waals surface area contributed by atoms with E-state index >= 15 is 0 Å². The smallest absolute Gasteiger partial charge is 0.275 e. The van der Waals surface area contributed by atoms with Crippen LogP contribution in [0, 0.1) is 21.4 Å². The lowest BCUT2D eigenvalue weighted by Gasteiger charge is -2.07. The zero-order valence-corrected chi connectivity index (χ0v) is 10.5. The van der Waals surface area contributed by atoms with Gasteiger partial charge >= 0.3 is 0 Å². The molecule has 0 fully saturated rings. The second kappa shape index (κ2) is 5.03. The fourth-order valence-corrected chi connectivity index (χ4v) is 2.08. The summed E-state index contributed by atoms with van der Waals surface area (Å²) in [5.74, 6) is -2.55. The van der Waals surface area contributed by atoms with Crippen LogP contribution in [0.1, 0.15) is 11.5 Å². The van der Waals surface area contributed by atoms with Crippen LogP contribution >= 0.6 is 0 Å². The Hall–Kier alpha value is -2.47. The van der Waals surface area contributed by atoms with Crippen molar-refractivity contribution >= 4 is 21.4 Å². The number of nitriles is 1. The molecular weight excluding hydrogens is 274 g/mol. The van der Waals surface area contributed by atoms with E-state index < -0.39 is 32.3 Å². The van der Waals surface area contributed by atoms with Crippen LogP contribution in [0.15, 0.2) is 23.1 Å². The minimum atomic E-state index is -3.63. The molecule has 8 nitrogen and oxygen atoms in total. The minimum Gasteiger partial charge on any atom is -0.368 e. The van der Waals surface area contributed by atoms with Crippen LogP contribution in [0.2, 0.25) is 0 Å². The average Bonchev–Trinajstić information content (AvgIpc) is 2.28. The van der Waals surface area contributed by atoms with Gasteiger partial charge in [-0.05, 0) is 12.1 Å². The molecule has 1 unspecified atom stereocenters. The van der Waals surface area contributed by atoms with E-state index in [9.17, 15) is 23.3 Å². The molecule has 0 aromatic heterocycles. The largest absolute Gasteiger partial charge is 0.368 e. The molecule has 0 heterocycles. The minimum absolute atomic E-state index is 0.229. The first-order valence-corrected chi connectivity index (χ1v) is 6.75. The maximum Gasteiger partial charge on any atom is 0.275 e. The molecule has 1 amide bonds. The summed E-state index contributed by atoms with van der Waals surface area (Å²) in [6.07, 6.45) is 0.890. The van der Waals surface area contributed by atoms with Gasteiger partial charge in [0, 0.05) is 12.3 Å². The summed E-state index contributed by atoms with van der Waals surface area (Å²) in [6, 6.07) is 4.48. The van der Waals surface area contributed by atoms with Gasteiger partial charge in [-0.2, -0.15) is 5.26 Å². The summed E-state index contributed by atoms with van der Waals surface area (Å²) in [7, 11) is -3.63. The first-order chi connectivity index (χ1) is 8.68. The summed E-state index contributed by atoms with van der Waals surface area (Å²) in [6.45, 7) is 0. The second-order valence-corrected chi connectivity index (χ2v) is 5.73. The SMILES string of the molecule is CS(=O)(=O)c1ccc(C(C#N)C(N)=O)c([N+](=O)[O-])c1. The monoisotopic (exact) mass is 283 g/mol. The van der Waals surface area contributed by atoms with E-state index in [0.717, 1.165) is 24.5 Å². The molecule has 19 heavy (non-hydrogen) atoms. The van der Waals surface area contributed by atoms with Gasteiger partial charge in [0.2, 0.25) is 5.91 Å². The Morgan fingerprint density at radius 2 is 2.11 bits per heavy atom. The number of nitrogens with two attached hydrogens (primary N) is 1. The maximum absolute atomic E-state index is 11.3. The van der Waals surface area contributed by atoms with Gasteiger partial charge in [0.1, 0.15) is 0 Å². The number of carbonyl (C=O) groups excluding carboxylic acids is 1. The summed E-state index contributed by atoms with van der Waals surface area (Å²) >= 11 is 0. The van der Waals surface area contributed by atoms with Gasteiger partial charge in [-0.1, -0.05) is 0 Å². The van der Waals surface area contributed by atoms with Gasteiger partial charge in [-0.25, -0.2) is 8.42 Å². The van der Waals surface area contributed by atoms with E-state index in [1.54, 1.807) is 6.07 Å². The standard InChI is InChI=1S/C10H9N3O5S/c1-19(17,18)6-2-3-7(8(5-11)10(12)14)9(4-6)13(15)16/h2-4,8H,1H3,(H2,12,14). The molecule has 9 heteroatoms. The molecule has 0 radical (unpaired) electrons. The lowest BCUT2D eigenvalue weighted by Crippen LogP contribution is -2.21. The molecule has 2 N–H and O–H groups in total. The van der Waals surface area contributed by atoms with Crippen LogP contribution in [0.5, 0.6) is 0 Å². The van der Waals surface area contributed by atoms with E-state index in [4.69, 9.17) is 11.0 Å². The Bertz CT molecular complexity index is 690. The van der Waals surface area contributed by atoms with Crippen molar-refractivity contribution in [2.75, 3.05) is 6.26 Å². The van der Waals surface area contributed by atoms with Crippen LogP contribution in [-0.2, 0) is 14.6 Å². The lowest BCUT2D eigenvalue weighted by molar-refractivity contribution is -0.385. The topological polar surface area (TPSA) is 144 Å². The van der Waals surface area contributed by atoms with Gasteiger partial charge in [-0.3, -0.25) is 14.9 Å². The number of sulfone groups is 1. The number of nitro groups is 1. The van der Waals surface area contributed by atoms with Gasteiger partial charge in [0.15, 0.2) is 15.8 Å². The zero-order chi connectivity index (χ0) is 14.8. The van der Waals surface area contributed by atoms with E-state index in [1.807, 2.05) is 0 Å². The first kappa shape index (κ1) is 14.6. The lowest BCUT2D eigenvalue weighted by atomic mass is 9.98. The molecular formula is C10H9N3O5S. The molecule has 0 saturated carbocycles. The van der Waals surface area contributed by atoms with E-state index in [2.05, 4.69) is 0 Å². The molecule has 1 atom stereocenters. The highest BCUT2D eigenvalue weighted by atomic mass is 32.2. The highest BCUT2D eigenvalue weighted by Crippen LogP contribution is 2.29. The normalized spacial score (nSPS) is 12.4. The highest BCUT2D eigenvalue weighted by Gasteiger charge is 2.27. The molecule has 0 aliphatic rings. The van der Waals surface area contributed by atoms with Crippen molar-refractivity contribution in [3.05, 3.63) is 33.9 Å². The van der Waals surface area contributed by atoms with Crippen LogP contribution in [0.4, 0.5) is 5.69 Å². The molecule has 1 aromatic rings. The number of benzene rings is 1. The summed E-state index contributed by atoms with van der Waals surface area (Å²) < 4.78 is 22.6. The van der Waals surface area contributed by atoms with Gasteiger partial charge in [-0.15, -0.1) is 0 Å². The van der Waals surface area contributed by atoms with Crippen molar-refractivity contribution < 1.29 is 18.1 Å². The Labute approximate surface area is 108 Å². The van der Waals surface area contributed by atoms with Crippen molar-refractivity contribution in [3.63, 3.8) is 0 Å². The number of nitro benzene ring substituents is 1. The van der Waals surface area contributed by atoms with Gasteiger partial charge in [0.05, 0.1) is 21.5 Å². The van der Waals surface area contributed by atoms with Crippen molar-refractivity contribution in [2.24, 2.45) is 5.73 Å². The third-order valence-corrected chi connectivity index (χ3v) is 3.46. The Morgan fingerprint density at radius 1 is 1.53 bits per heavy atom. The van der Waals surface area contributed by atoms with Crippen molar-refractivity contribution in [1.82, 2.24) is 0 Å². The van der Waals surface area contributed by atoms with Crippen LogP contribution in [0.3, 0.4) is 0 Å². The molecule has 0 saturated heterocycles. The zero-order valence-electron chi connectivity index (χ0n) is 9.73. The molecule has 0 bridgehead atoms. The number of hydrogen-bond donors (Lipinski definition) is 1. The predicted molar refractivity (Wildman–Crippen MR) is 63.8 cm³/mol.